The van der Waals surface area contributed by atoms with Crippen LogP contribution >= 0.6 is 11.6 Å². The fourth-order valence-corrected chi connectivity index (χ4v) is 4.37. The standard InChI is InChI=1S/C26H33ClN4O3/c1-17-22(25(32)30-10-11-34-16-18-2-3-18)8-9-24(28)23(17)13-29-12-19-14-31(15-19)26(33)20-4-6-21(27)7-5-20/h4,6-9,13,18-20H,2-3,5,10-12,14-16,28H2,1H3,(H,30,32). The maximum atomic E-state index is 12.6. The van der Waals surface area contributed by atoms with Gasteiger partial charge in [0.15, 0.2) is 0 Å². The minimum atomic E-state index is -0.136. The Balaban J connectivity index is 1.24. The Morgan fingerprint density at radius 1 is 1.29 bits per heavy atom. The highest BCUT2D eigenvalue weighted by Gasteiger charge is 2.33. The molecule has 1 saturated carbocycles. The van der Waals surface area contributed by atoms with Crippen LogP contribution in [-0.2, 0) is 9.53 Å². The van der Waals surface area contributed by atoms with E-state index in [-0.39, 0.29) is 17.7 Å². The van der Waals surface area contributed by atoms with Gasteiger partial charge in [-0.1, -0.05) is 23.8 Å². The molecule has 1 unspecified atom stereocenters. The number of carbonyl (C=O) groups excluding carboxylic acids is 2. The third-order valence-corrected chi connectivity index (χ3v) is 6.88. The van der Waals surface area contributed by atoms with Crippen molar-refractivity contribution in [2.24, 2.45) is 22.7 Å². The van der Waals surface area contributed by atoms with Crippen molar-refractivity contribution >= 4 is 35.3 Å². The predicted octanol–water partition coefficient (Wildman–Crippen LogP) is 3.31. The molecule has 1 aromatic rings. The molecule has 4 rings (SSSR count). The van der Waals surface area contributed by atoms with E-state index in [0.29, 0.717) is 67.3 Å². The lowest BCUT2D eigenvalue weighted by atomic mass is 9.94. The summed E-state index contributed by atoms with van der Waals surface area (Å²) in [5.41, 5.74) is 8.92. The largest absolute Gasteiger partial charge is 0.398 e. The Hall–Kier alpha value is -2.64. The van der Waals surface area contributed by atoms with Crippen LogP contribution in [0.2, 0.25) is 0 Å². The second-order valence-electron chi connectivity index (χ2n) is 9.41. The highest BCUT2D eigenvalue weighted by atomic mass is 35.5. The molecule has 2 fully saturated rings. The highest BCUT2D eigenvalue weighted by molar-refractivity contribution is 6.31. The Morgan fingerprint density at radius 2 is 2.09 bits per heavy atom. The predicted molar refractivity (Wildman–Crippen MR) is 135 cm³/mol. The van der Waals surface area contributed by atoms with Gasteiger partial charge >= 0.3 is 0 Å². The molecule has 3 N–H and O–H groups in total. The van der Waals surface area contributed by atoms with Crippen LogP contribution in [0.15, 0.2) is 40.4 Å². The first kappa shape index (κ1) is 24.5. The van der Waals surface area contributed by atoms with Gasteiger partial charge in [0.2, 0.25) is 5.91 Å². The molecule has 0 bridgehead atoms. The summed E-state index contributed by atoms with van der Waals surface area (Å²) in [6, 6.07) is 3.49. The van der Waals surface area contributed by atoms with Gasteiger partial charge in [0, 0.05) is 66.8 Å². The number of anilines is 1. The third kappa shape index (κ3) is 6.27. The number of likely N-dealkylation sites (tertiary alicyclic amines) is 1. The van der Waals surface area contributed by atoms with Crippen molar-refractivity contribution in [2.75, 3.05) is 45.1 Å². The molecule has 1 atom stereocenters. The minimum Gasteiger partial charge on any atom is -0.398 e. The van der Waals surface area contributed by atoms with Crippen molar-refractivity contribution in [2.45, 2.75) is 26.2 Å². The monoisotopic (exact) mass is 484 g/mol. The van der Waals surface area contributed by atoms with Crippen molar-refractivity contribution in [1.29, 1.82) is 0 Å². The first-order valence-corrected chi connectivity index (χ1v) is 12.4. The number of allylic oxidation sites excluding steroid dienone is 3. The summed E-state index contributed by atoms with van der Waals surface area (Å²) >= 11 is 5.94. The molecule has 2 amide bonds. The fraction of sp³-hybridized carbons (Fsp3) is 0.500. The minimum absolute atomic E-state index is 0.118. The number of carbonyl (C=O) groups is 2. The van der Waals surface area contributed by atoms with Gasteiger partial charge in [0.1, 0.15) is 0 Å². The number of nitrogen functional groups attached to an aromatic ring is 1. The average molecular weight is 485 g/mol. The van der Waals surface area contributed by atoms with E-state index >= 15 is 0 Å². The number of nitrogens with zero attached hydrogens (tertiary/aromatic N) is 2. The van der Waals surface area contributed by atoms with Crippen molar-refractivity contribution in [3.63, 3.8) is 0 Å². The van der Waals surface area contributed by atoms with Crippen molar-refractivity contribution in [3.05, 3.63) is 52.1 Å². The lowest BCUT2D eigenvalue weighted by Crippen LogP contribution is -2.52. The summed E-state index contributed by atoms with van der Waals surface area (Å²) in [5.74, 6) is 0.937. The lowest BCUT2D eigenvalue weighted by Gasteiger charge is -2.40. The van der Waals surface area contributed by atoms with Crippen LogP contribution in [0, 0.1) is 24.7 Å². The second-order valence-corrected chi connectivity index (χ2v) is 9.85. The summed E-state index contributed by atoms with van der Waals surface area (Å²) in [6.07, 6.45) is 10.5. The van der Waals surface area contributed by atoms with Crippen LogP contribution in [-0.4, -0.2) is 62.3 Å². The maximum Gasteiger partial charge on any atom is 0.251 e. The lowest BCUT2D eigenvalue weighted by molar-refractivity contribution is -0.140. The first-order chi connectivity index (χ1) is 16.4. The molecular weight excluding hydrogens is 452 g/mol. The quantitative estimate of drug-likeness (QED) is 0.302. The molecule has 0 aromatic heterocycles. The molecule has 1 saturated heterocycles. The van der Waals surface area contributed by atoms with E-state index < -0.39 is 0 Å². The molecule has 3 aliphatic rings. The second kappa shape index (κ2) is 11.2. The molecule has 1 aliphatic heterocycles. The van der Waals surface area contributed by atoms with E-state index in [1.165, 1.54) is 12.8 Å². The number of nitrogens with one attached hydrogen (secondary N) is 1. The fourth-order valence-electron chi connectivity index (χ4n) is 4.20. The van der Waals surface area contributed by atoms with Gasteiger partial charge in [0.25, 0.3) is 5.91 Å². The Morgan fingerprint density at radius 3 is 2.79 bits per heavy atom. The molecule has 0 spiro atoms. The Labute approximate surface area is 206 Å². The van der Waals surface area contributed by atoms with Gasteiger partial charge in [0.05, 0.1) is 12.5 Å². The summed E-state index contributed by atoms with van der Waals surface area (Å²) < 4.78 is 5.58. The number of ether oxygens (including phenoxy) is 1. The van der Waals surface area contributed by atoms with E-state index in [9.17, 15) is 9.59 Å². The zero-order valence-electron chi connectivity index (χ0n) is 19.6. The van der Waals surface area contributed by atoms with Gasteiger partial charge in [-0.05, 0) is 55.9 Å². The zero-order chi connectivity index (χ0) is 24.1. The van der Waals surface area contributed by atoms with Gasteiger partial charge < -0.3 is 20.7 Å². The van der Waals surface area contributed by atoms with E-state index in [1.54, 1.807) is 24.4 Å². The first-order valence-electron chi connectivity index (χ1n) is 12.0. The molecular formula is C26H33ClN4O3. The summed E-state index contributed by atoms with van der Waals surface area (Å²) in [6.45, 7) is 5.70. The number of rotatable bonds is 10. The number of benzene rings is 1. The number of hydrogen-bond donors (Lipinski definition) is 2. The summed E-state index contributed by atoms with van der Waals surface area (Å²) in [7, 11) is 0. The van der Waals surface area contributed by atoms with E-state index in [2.05, 4.69) is 10.3 Å². The van der Waals surface area contributed by atoms with Crippen LogP contribution in [0.25, 0.3) is 0 Å². The average Bonchev–Trinajstić information content (AvgIpc) is 3.61. The number of halogens is 1. The molecule has 182 valence electrons. The van der Waals surface area contributed by atoms with E-state index in [0.717, 1.165) is 17.7 Å². The van der Waals surface area contributed by atoms with Gasteiger partial charge in [-0.3, -0.25) is 14.6 Å². The van der Waals surface area contributed by atoms with Crippen molar-refractivity contribution < 1.29 is 14.3 Å². The SMILES string of the molecule is Cc1c(C(=O)NCCOCC2CC2)ccc(N)c1C=NCC1CN(C(=O)C2C=CC(Cl)=CC2)C1. The number of nitrogens with two attached hydrogens (primary N) is 1. The molecule has 0 radical (unpaired) electrons. The Bertz CT molecular complexity index is 1010. The van der Waals surface area contributed by atoms with Crippen molar-refractivity contribution in [3.8, 4) is 0 Å². The number of hydrogen-bond acceptors (Lipinski definition) is 5. The van der Waals surface area contributed by atoms with E-state index in [4.69, 9.17) is 22.1 Å². The van der Waals surface area contributed by atoms with Crippen LogP contribution in [0.5, 0.6) is 0 Å². The smallest absolute Gasteiger partial charge is 0.251 e. The van der Waals surface area contributed by atoms with Gasteiger partial charge in [-0.15, -0.1) is 0 Å². The molecule has 7 nitrogen and oxygen atoms in total. The van der Waals surface area contributed by atoms with Crippen LogP contribution in [0.3, 0.4) is 0 Å². The number of aliphatic imine (C=N–C) groups is 1. The zero-order valence-corrected chi connectivity index (χ0v) is 20.4. The van der Waals surface area contributed by atoms with Gasteiger partial charge in [-0.2, -0.15) is 0 Å². The molecule has 1 aromatic carbocycles. The summed E-state index contributed by atoms with van der Waals surface area (Å²) in [5, 5.41) is 3.60. The highest BCUT2D eigenvalue weighted by Crippen LogP contribution is 2.28. The molecule has 2 aliphatic carbocycles. The summed E-state index contributed by atoms with van der Waals surface area (Å²) in [4.78, 5) is 31.6. The number of amides is 2. The van der Waals surface area contributed by atoms with E-state index in [1.807, 2.05) is 24.0 Å². The normalized spacial score (nSPS) is 20.4. The van der Waals surface area contributed by atoms with Crippen LogP contribution in [0.4, 0.5) is 5.69 Å². The Kier molecular flexibility index (Phi) is 8.06. The van der Waals surface area contributed by atoms with Crippen molar-refractivity contribution in [1.82, 2.24) is 10.2 Å². The van der Waals surface area contributed by atoms with Gasteiger partial charge in [-0.25, -0.2) is 0 Å². The molecule has 1 heterocycles. The topological polar surface area (TPSA) is 97.0 Å². The maximum absolute atomic E-state index is 12.6. The van der Waals surface area contributed by atoms with Crippen LogP contribution < -0.4 is 11.1 Å². The third-order valence-electron chi connectivity index (χ3n) is 6.60. The van der Waals surface area contributed by atoms with Crippen LogP contribution in [0.1, 0.15) is 40.7 Å². The molecule has 8 heteroatoms. The molecule has 34 heavy (non-hydrogen) atoms.